The summed E-state index contributed by atoms with van der Waals surface area (Å²) in [6.45, 7) is 0.0946. The van der Waals surface area contributed by atoms with Gasteiger partial charge in [0, 0.05) is 18.7 Å². The number of oxazole rings is 1. The second-order valence-corrected chi connectivity index (χ2v) is 7.60. The number of fused-ring (bicyclic) bond motifs is 1. The van der Waals surface area contributed by atoms with Gasteiger partial charge in [0.15, 0.2) is 5.58 Å². The summed E-state index contributed by atoms with van der Waals surface area (Å²) < 4.78 is 44.7. The molecule has 1 amide bonds. The minimum absolute atomic E-state index is 0.0321. The highest BCUT2D eigenvalue weighted by molar-refractivity contribution is 7.92. The van der Waals surface area contributed by atoms with E-state index in [2.05, 4.69) is 5.32 Å². The standard InChI is InChI=1S/C17H16FN3O5S/c1-27(24,25)20-13-10-11(6-7-12(13)18)19-16(22)8-9-21-14-4-2-3-5-15(14)26-17(21)23/h2-7,10,20H,8-9H2,1H3,(H,19,22). The number of hydrogen-bond donors (Lipinski definition) is 2. The second-order valence-electron chi connectivity index (χ2n) is 5.85. The zero-order valence-electron chi connectivity index (χ0n) is 14.2. The average molecular weight is 393 g/mol. The molecule has 8 nitrogen and oxygen atoms in total. The Morgan fingerprint density at radius 3 is 2.70 bits per heavy atom. The molecule has 10 heteroatoms. The zero-order chi connectivity index (χ0) is 19.6. The predicted octanol–water partition coefficient (Wildman–Crippen LogP) is 2.13. The average Bonchev–Trinajstić information content (AvgIpc) is 2.90. The number of sulfonamides is 1. The Morgan fingerprint density at radius 2 is 1.96 bits per heavy atom. The maximum absolute atomic E-state index is 13.7. The molecule has 1 aromatic heterocycles. The molecule has 3 aromatic rings. The van der Waals surface area contributed by atoms with Crippen LogP contribution in [0.2, 0.25) is 0 Å². The van der Waals surface area contributed by atoms with Gasteiger partial charge in [0.25, 0.3) is 0 Å². The van der Waals surface area contributed by atoms with E-state index in [0.29, 0.717) is 11.1 Å². The summed E-state index contributed by atoms with van der Waals surface area (Å²) in [5, 5.41) is 2.54. The first kappa shape index (κ1) is 18.6. The van der Waals surface area contributed by atoms with E-state index in [1.807, 2.05) is 4.72 Å². The summed E-state index contributed by atoms with van der Waals surface area (Å²) in [6.07, 6.45) is 0.861. The number of hydrogen-bond acceptors (Lipinski definition) is 5. The number of nitrogens with zero attached hydrogens (tertiary/aromatic N) is 1. The van der Waals surface area contributed by atoms with Crippen LogP contribution in [-0.2, 0) is 21.4 Å². The first-order valence-corrected chi connectivity index (χ1v) is 9.77. The molecule has 3 rings (SSSR count). The Morgan fingerprint density at radius 1 is 1.22 bits per heavy atom. The van der Waals surface area contributed by atoms with Gasteiger partial charge in [-0.15, -0.1) is 0 Å². The van der Waals surface area contributed by atoms with E-state index in [9.17, 15) is 22.4 Å². The number of aryl methyl sites for hydroxylation is 1. The van der Waals surface area contributed by atoms with Crippen molar-refractivity contribution in [2.45, 2.75) is 13.0 Å². The third-order valence-corrected chi connectivity index (χ3v) is 4.27. The SMILES string of the molecule is CS(=O)(=O)Nc1cc(NC(=O)CCn2c(=O)oc3ccccc32)ccc1F. The smallest absolute Gasteiger partial charge is 0.408 e. The Labute approximate surface area is 153 Å². The highest BCUT2D eigenvalue weighted by Gasteiger charge is 2.12. The van der Waals surface area contributed by atoms with E-state index in [1.165, 1.54) is 16.7 Å². The van der Waals surface area contributed by atoms with Crippen molar-refractivity contribution >= 4 is 38.4 Å². The first-order valence-electron chi connectivity index (χ1n) is 7.88. The van der Waals surface area contributed by atoms with Crippen LogP contribution in [0.15, 0.2) is 51.7 Å². The minimum atomic E-state index is -3.66. The highest BCUT2D eigenvalue weighted by Crippen LogP contribution is 2.21. The molecular weight excluding hydrogens is 377 g/mol. The first-order chi connectivity index (χ1) is 12.7. The van der Waals surface area contributed by atoms with Crippen LogP contribution in [0.25, 0.3) is 11.1 Å². The normalized spacial score (nSPS) is 11.5. The van der Waals surface area contributed by atoms with Crippen LogP contribution in [0, 0.1) is 5.82 Å². The van der Waals surface area contributed by atoms with Crippen LogP contribution in [0.1, 0.15) is 6.42 Å². The molecule has 0 unspecified atom stereocenters. The van der Waals surface area contributed by atoms with Gasteiger partial charge in [-0.1, -0.05) is 12.1 Å². The third kappa shape index (κ3) is 4.53. The Bertz CT molecular complexity index is 1170. The lowest BCUT2D eigenvalue weighted by Gasteiger charge is -2.09. The number of para-hydroxylation sites is 2. The van der Waals surface area contributed by atoms with Gasteiger partial charge in [-0.05, 0) is 30.3 Å². The fourth-order valence-corrected chi connectivity index (χ4v) is 3.10. The quantitative estimate of drug-likeness (QED) is 0.667. The number of nitrogens with one attached hydrogen (secondary N) is 2. The molecule has 0 saturated heterocycles. The van der Waals surface area contributed by atoms with Gasteiger partial charge in [0.1, 0.15) is 5.82 Å². The third-order valence-electron chi connectivity index (χ3n) is 3.68. The van der Waals surface area contributed by atoms with Crippen LogP contribution in [0.3, 0.4) is 0 Å². The topological polar surface area (TPSA) is 110 Å². The van der Waals surface area contributed by atoms with Gasteiger partial charge < -0.3 is 9.73 Å². The molecule has 0 radical (unpaired) electrons. The molecule has 2 aromatic carbocycles. The molecule has 0 spiro atoms. The van der Waals surface area contributed by atoms with Crippen molar-refractivity contribution in [2.75, 3.05) is 16.3 Å². The number of amides is 1. The second kappa shape index (κ2) is 7.23. The van der Waals surface area contributed by atoms with E-state index in [4.69, 9.17) is 4.42 Å². The number of halogens is 1. The lowest BCUT2D eigenvalue weighted by Crippen LogP contribution is -2.20. The van der Waals surface area contributed by atoms with Crippen molar-refractivity contribution in [1.29, 1.82) is 0 Å². The number of aromatic nitrogens is 1. The molecule has 0 saturated carbocycles. The van der Waals surface area contributed by atoms with Gasteiger partial charge >= 0.3 is 5.76 Å². The Kier molecular flexibility index (Phi) is 5.00. The van der Waals surface area contributed by atoms with E-state index in [1.54, 1.807) is 24.3 Å². The summed E-state index contributed by atoms with van der Waals surface area (Å²) in [4.78, 5) is 24.0. The maximum Gasteiger partial charge on any atom is 0.419 e. The highest BCUT2D eigenvalue weighted by atomic mass is 32.2. The van der Waals surface area contributed by atoms with Crippen LogP contribution in [0.4, 0.5) is 15.8 Å². The molecular formula is C17H16FN3O5S. The molecule has 1 heterocycles. The maximum atomic E-state index is 13.7. The monoisotopic (exact) mass is 393 g/mol. The summed E-state index contributed by atoms with van der Waals surface area (Å²) in [5.74, 6) is -1.76. The molecule has 0 aliphatic rings. The number of rotatable bonds is 6. The van der Waals surface area contributed by atoms with Gasteiger partial charge in [0.05, 0.1) is 17.5 Å². The largest absolute Gasteiger partial charge is 0.419 e. The lowest BCUT2D eigenvalue weighted by molar-refractivity contribution is -0.116. The van der Waals surface area contributed by atoms with Crippen molar-refractivity contribution in [3.05, 3.63) is 58.8 Å². The van der Waals surface area contributed by atoms with E-state index in [0.717, 1.165) is 12.3 Å². The van der Waals surface area contributed by atoms with Crippen LogP contribution < -0.4 is 15.8 Å². The fourth-order valence-electron chi connectivity index (χ4n) is 2.54. The molecule has 0 aliphatic heterocycles. The number of anilines is 2. The summed E-state index contributed by atoms with van der Waals surface area (Å²) in [7, 11) is -3.66. The van der Waals surface area contributed by atoms with Crippen LogP contribution >= 0.6 is 0 Å². The molecule has 27 heavy (non-hydrogen) atoms. The predicted molar refractivity (Wildman–Crippen MR) is 98.6 cm³/mol. The van der Waals surface area contributed by atoms with Gasteiger partial charge in [-0.3, -0.25) is 14.1 Å². The zero-order valence-corrected chi connectivity index (χ0v) is 15.0. The van der Waals surface area contributed by atoms with E-state index < -0.39 is 27.5 Å². The van der Waals surface area contributed by atoms with E-state index >= 15 is 0 Å². The van der Waals surface area contributed by atoms with Crippen molar-refractivity contribution < 1.29 is 22.0 Å². The molecule has 0 atom stereocenters. The van der Waals surface area contributed by atoms with E-state index in [-0.39, 0.29) is 24.3 Å². The van der Waals surface area contributed by atoms with Gasteiger partial charge in [-0.25, -0.2) is 17.6 Å². The van der Waals surface area contributed by atoms with Crippen molar-refractivity contribution in [3.63, 3.8) is 0 Å². The molecule has 0 fully saturated rings. The van der Waals surface area contributed by atoms with Gasteiger partial charge in [-0.2, -0.15) is 0 Å². The minimum Gasteiger partial charge on any atom is -0.408 e. The number of benzene rings is 2. The molecule has 0 aliphatic carbocycles. The lowest BCUT2D eigenvalue weighted by atomic mass is 10.2. The Balaban J connectivity index is 1.70. The van der Waals surface area contributed by atoms with Gasteiger partial charge in [0.2, 0.25) is 15.9 Å². The van der Waals surface area contributed by atoms with Crippen molar-refractivity contribution in [1.82, 2.24) is 4.57 Å². The summed E-state index contributed by atoms with van der Waals surface area (Å²) in [5.41, 5.74) is 0.957. The summed E-state index contributed by atoms with van der Waals surface area (Å²) >= 11 is 0. The van der Waals surface area contributed by atoms with Crippen LogP contribution in [-0.4, -0.2) is 25.1 Å². The fraction of sp³-hybridized carbons (Fsp3) is 0.176. The van der Waals surface area contributed by atoms with Crippen LogP contribution in [0.5, 0.6) is 0 Å². The Hall–Kier alpha value is -3.14. The molecule has 142 valence electrons. The number of carbonyl (C=O) groups is 1. The number of carbonyl (C=O) groups excluding carboxylic acids is 1. The molecule has 0 bridgehead atoms. The molecule has 2 N–H and O–H groups in total. The van der Waals surface area contributed by atoms with Crippen molar-refractivity contribution in [2.24, 2.45) is 0 Å². The summed E-state index contributed by atoms with van der Waals surface area (Å²) in [6, 6.07) is 10.4. The van der Waals surface area contributed by atoms with Crippen molar-refractivity contribution in [3.8, 4) is 0 Å².